The number of halogens is 2. The molecule has 0 aliphatic carbocycles. The molecule has 2 aromatic rings. The first-order valence-corrected chi connectivity index (χ1v) is 5.54. The molecule has 0 aliphatic rings. The van der Waals surface area contributed by atoms with Crippen molar-refractivity contribution in [3.05, 3.63) is 29.3 Å². The fraction of sp³-hybridized carbons (Fsp3) is 0.111. The Kier molecular flexibility index (Phi) is 3.24. The summed E-state index contributed by atoms with van der Waals surface area (Å²) in [5.41, 5.74) is 5.16. The van der Waals surface area contributed by atoms with Crippen LogP contribution >= 0.6 is 11.8 Å². The number of benzene rings is 1. The average molecular weight is 270 g/mol. The van der Waals surface area contributed by atoms with Gasteiger partial charge in [0.05, 0.1) is 4.90 Å². The maximum absolute atomic E-state index is 13.7. The third kappa shape index (κ3) is 2.30. The van der Waals surface area contributed by atoms with E-state index in [-0.39, 0.29) is 15.6 Å². The Hall–Kier alpha value is -2.03. The van der Waals surface area contributed by atoms with E-state index in [0.717, 1.165) is 23.9 Å². The van der Waals surface area contributed by atoms with Crippen molar-refractivity contribution in [3.8, 4) is 0 Å². The Balaban J connectivity index is 2.40. The number of nitrogen functional groups attached to an aromatic ring is 1. The van der Waals surface area contributed by atoms with Crippen molar-refractivity contribution in [2.75, 3.05) is 0 Å². The number of rotatable bonds is 3. The van der Waals surface area contributed by atoms with Gasteiger partial charge in [-0.3, -0.25) is 5.41 Å². The molecule has 1 heterocycles. The molecule has 0 atom stereocenters. The Morgan fingerprint density at radius 3 is 2.44 bits per heavy atom. The summed E-state index contributed by atoms with van der Waals surface area (Å²) in [6, 6.07) is 2.00. The Morgan fingerprint density at radius 2 is 2.00 bits per heavy atom. The molecule has 0 bridgehead atoms. The predicted octanol–water partition coefficient (Wildman–Crippen LogP) is 0.924. The average Bonchev–Trinajstić information content (AvgIpc) is 2.69. The summed E-state index contributed by atoms with van der Waals surface area (Å²) < 4.78 is 28.7. The molecule has 94 valence electrons. The molecule has 0 unspecified atom stereocenters. The van der Waals surface area contributed by atoms with E-state index in [0.29, 0.717) is 0 Å². The summed E-state index contributed by atoms with van der Waals surface area (Å²) >= 11 is 0.760. The lowest BCUT2D eigenvalue weighted by Gasteiger charge is -2.05. The van der Waals surface area contributed by atoms with Gasteiger partial charge in [-0.15, -0.1) is 5.10 Å². The van der Waals surface area contributed by atoms with Crippen molar-refractivity contribution >= 4 is 17.6 Å². The summed E-state index contributed by atoms with van der Waals surface area (Å²) in [7, 11) is 1.56. The minimum Gasteiger partial charge on any atom is -0.384 e. The largest absolute Gasteiger partial charge is 0.384 e. The van der Waals surface area contributed by atoms with Crippen LogP contribution in [0.1, 0.15) is 5.56 Å². The van der Waals surface area contributed by atoms with Crippen LogP contribution in [0.2, 0.25) is 0 Å². The molecule has 0 radical (unpaired) electrons. The number of hydrogen-bond acceptors (Lipinski definition) is 5. The van der Waals surface area contributed by atoms with Crippen LogP contribution in [0.4, 0.5) is 8.78 Å². The van der Waals surface area contributed by atoms with Gasteiger partial charge in [0.2, 0.25) is 5.16 Å². The monoisotopic (exact) mass is 270 g/mol. The van der Waals surface area contributed by atoms with Gasteiger partial charge in [-0.2, -0.15) is 0 Å². The van der Waals surface area contributed by atoms with Crippen molar-refractivity contribution < 1.29 is 8.78 Å². The number of aryl methyl sites for hydroxylation is 1. The van der Waals surface area contributed by atoms with Crippen LogP contribution < -0.4 is 5.73 Å². The molecular weight excluding hydrogens is 262 g/mol. The van der Waals surface area contributed by atoms with Gasteiger partial charge in [0.15, 0.2) is 0 Å². The van der Waals surface area contributed by atoms with Gasteiger partial charge in [0, 0.05) is 12.6 Å². The van der Waals surface area contributed by atoms with Crippen LogP contribution in [0, 0.1) is 17.0 Å². The molecule has 1 aromatic carbocycles. The Labute approximate surface area is 105 Å². The zero-order valence-electron chi connectivity index (χ0n) is 9.19. The normalized spacial score (nSPS) is 10.6. The number of nitrogens with one attached hydrogen (secondary N) is 1. The SMILES string of the molecule is Cn1nnnc1Sc1c(F)cc(C(=N)N)cc1F. The Bertz CT molecular complexity index is 588. The van der Waals surface area contributed by atoms with E-state index in [4.69, 9.17) is 11.1 Å². The van der Waals surface area contributed by atoms with Crippen molar-refractivity contribution in [2.45, 2.75) is 10.1 Å². The van der Waals surface area contributed by atoms with Crippen LogP contribution in [0.25, 0.3) is 0 Å². The summed E-state index contributed by atoms with van der Waals surface area (Å²) in [6.45, 7) is 0. The van der Waals surface area contributed by atoms with E-state index < -0.39 is 17.5 Å². The molecule has 0 aliphatic heterocycles. The summed E-state index contributed by atoms with van der Waals surface area (Å²) in [5.74, 6) is -2.02. The van der Waals surface area contributed by atoms with E-state index in [1.54, 1.807) is 7.05 Å². The van der Waals surface area contributed by atoms with Gasteiger partial charge in [-0.25, -0.2) is 13.5 Å². The van der Waals surface area contributed by atoms with Crippen molar-refractivity contribution in [2.24, 2.45) is 12.8 Å². The molecule has 0 saturated heterocycles. The topological polar surface area (TPSA) is 93.5 Å². The molecule has 2 rings (SSSR count). The molecule has 3 N–H and O–H groups in total. The van der Waals surface area contributed by atoms with Crippen LogP contribution in [-0.4, -0.2) is 26.0 Å². The molecule has 0 spiro atoms. The van der Waals surface area contributed by atoms with Crippen LogP contribution in [-0.2, 0) is 7.05 Å². The number of nitrogens with zero attached hydrogens (tertiary/aromatic N) is 4. The molecule has 1 aromatic heterocycles. The summed E-state index contributed by atoms with van der Waals surface area (Å²) in [6.07, 6.45) is 0. The molecule has 6 nitrogen and oxygen atoms in total. The second-order valence-electron chi connectivity index (χ2n) is 3.37. The minimum atomic E-state index is -0.812. The highest BCUT2D eigenvalue weighted by Gasteiger charge is 2.16. The van der Waals surface area contributed by atoms with E-state index in [2.05, 4.69) is 15.5 Å². The van der Waals surface area contributed by atoms with E-state index in [1.165, 1.54) is 4.68 Å². The first-order chi connectivity index (χ1) is 8.49. The van der Waals surface area contributed by atoms with E-state index >= 15 is 0 Å². The maximum Gasteiger partial charge on any atom is 0.214 e. The molecule has 0 amide bonds. The van der Waals surface area contributed by atoms with Crippen LogP contribution in [0.3, 0.4) is 0 Å². The summed E-state index contributed by atoms with van der Waals surface area (Å²) in [5, 5.41) is 17.9. The lowest BCUT2D eigenvalue weighted by molar-refractivity contribution is 0.539. The zero-order chi connectivity index (χ0) is 13.3. The quantitative estimate of drug-likeness (QED) is 0.639. The lowest BCUT2D eigenvalue weighted by Crippen LogP contribution is -2.12. The molecule has 9 heteroatoms. The highest BCUT2D eigenvalue weighted by Crippen LogP contribution is 2.30. The minimum absolute atomic E-state index is 0.00885. The van der Waals surface area contributed by atoms with E-state index in [9.17, 15) is 8.78 Å². The standard InChI is InChI=1S/C9H8F2N6S/c1-17-9(14-15-16-17)18-7-5(10)2-4(8(12)13)3-6(7)11/h2-3H,1H3,(H3,12,13). The van der Waals surface area contributed by atoms with Crippen molar-refractivity contribution in [3.63, 3.8) is 0 Å². The highest BCUT2D eigenvalue weighted by atomic mass is 32.2. The van der Waals surface area contributed by atoms with Gasteiger partial charge < -0.3 is 5.73 Å². The number of aromatic nitrogens is 4. The molecule has 0 fully saturated rings. The molecule has 0 saturated carbocycles. The molecule has 18 heavy (non-hydrogen) atoms. The van der Waals surface area contributed by atoms with Crippen LogP contribution in [0.5, 0.6) is 0 Å². The number of tetrazole rings is 1. The fourth-order valence-electron chi connectivity index (χ4n) is 1.21. The van der Waals surface area contributed by atoms with Gasteiger partial charge in [-0.05, 0) is 34.3 Å². The number of hydrogen-bond donors (Lipinski definition) is 2. The number of amidine groups is 1. The first-order valence-electron chi connectivity index (χ1n) is 4.72. The third-order valence-corrected chi connectivity index (χ3v) is 3.21. The third-order valence-electron chi connectivity index (χ3n) is 2.08. The second-order valence-corrected chi connectivity index (χ2v) is 4.35. The van der Waals surface area contributed by atoms with Crippen molar-refractivity contribution in [1.29, 1.82) is 5.41 Å². The highest BCUT2D eigenvalue weighted by molar-refractivity contribution is 7.99. The lowest BCUT2D eigenvalue weighted by atomic mass is 10.2. The van der Waals surface area contributed by atoms with Gasteiger partial charge in [0.25, 0.3) is 0 Å². The van der Waals surface area contributed by atoms with Gasteiger partial charge in [-0.1, -0.05) is 0 Å². The first kappa shape index (κ1) is 12.4. The smallest absolute Gasteiger partial charge is 0.214 e. The predicted molar refractivity (Wildman–Crippen MR) is 60.3 cm³/mol. The van der Waals surface area contributed by atoms with Gasteiger partial charge >= 0.3 is 0 Å². The molecular formula is C9H8F2N6S. The number of nitrogens with two attached hydrogens (primary N) is 1. The fourth-order valence-corrected chi connectivity index (χ4v) is 1.95. The Morgan fingerprint density at radius 1 is 1.39 bits per heavy atom. The summed E-state index contributed by atoms with van der Waals surface area (Å²) in [4.78, 5) is -0.238. The van der Waals surface area contributed by atoms with Gasteiger partial charge in [0.1, 0.15) is 17.5 Å². The van der Waals surface area contributed by atoms with E-state index in [1.807, 2.05) is 0 Å². The van der Waals surface area contributed by atoms with Crippen molar-refractivity contribution in [1.82, 2.24) is 20.2 Å². The van der Waals surface area contributed by atoms with Crippen LogP contribution in [0.15, 0.2) is 22.2 Å². The maximum atomic E-state index is 13.7. The zero-order valence-corrected chi connectivity index (χ0v) is 10.0. The second kappa shape index (κ2) is 4.69.